The molecular weight excluding hydrogens is 118 g/mol. The van der Waals surface area contributed by atoms with E-state index in [0.717, 1.165) is 0 Å². The van der Waals surface area contributed by atoms with Crippen molar-refractivity contribution in [2.24, 2.45) is 0 Å². The molecule has 1 heterocycles. The van der Waals surface area contributed by atoms with Gasteiger partial charge in [-0.05, 0) is 33.0 Å². The van der Waals surface area contributed by atoms with Crippen molar-refractivity contribution >= 4 is 6.15 Å². The van der Waals surface area contributed by atoms with E-state index in [9.17, 15) is 0 Å². The standard InChI is InChI=1S/C5H11N.CO2/c1-6-4-2-3-5-6;2-1-3/h2-5H2,1H3;. The molecule has 0 aromatic heterocycles. The van der Waals surface area contributed by atoms with Crippen molar-refractivity contribution in [2.75, 3.05) is 20.1 Å². The predicted octanol–water partition coefficient (Wildman–Crippen LogP) is 0.128. The van der Waals surface area contributed by atoms with Gasteiger partial charge in [-0.2, -0.15) is 9.59 Å². The second kappa shape index (κ2) is 5.48. The largest absolute Gasteiger partial charge is 0.373 e. The lowest BCUT2D eigenvalue weighted by Gasteiger charge is -2.01. The van der Waals surface area contributed by atoms with Crippen LogP contribution >= 0.6 is 0 Å². The minimum absolute atomic E-state index is 0.250. The van der Waals surface area contributed by atoms with Crippen LogP contribution in [0.15, 0.2) is 0 Å². The number of hydrogen-bond donors (Lipinski definition) is 0. The molecule has 1 aliphatic rings. The van der Waals surface area contributed by atoms with E-state index in [1.807, 2.05) is 0 Å². The van der Waals surface area contributed by atoms with Crippen LogP contribution in [-0.4, -0.2) is 31.2 Å². The molecule has 1 fully saturated rings. The molecule has 0 aromatic rings. The lowest BCUT2D eigenvalue weighted by atomic mass is 10.4. The monoisotopic (exact) mass is 129 g/mol. The van der Waals surface area contributed by atoms with Crippen molar-refractivity contribution < 1.29 is 9.59 Å². The number of hydrogen-bond acceptors (Lipinski definition) is 3. The van der Waals surface area contributed by atoms with Gasteiger partial charge in [-0.25, -0.2) is 0 Å². The number of rotatable bonds is 0. The van der Waals surface area contributed by atoms with E-state index in [4.69, 9.17) is 9.59 Å². The Hall–Kier alpha value is -0.660. The molecule has 1 aliphatic heterocycles. The number of likely N-dealkylation sites (tertiary alicyclic amines) is 1. The molecule has 3 nitrogen and oxygen atoms in total. The van der Waals surface area contributed by atoms with Crippen molar-refractivity contribution in [1.82, 2.24) is 4.90 Å². The second-order valence-electron chi connectivity index (χ2n) is 2.09. The Morgan fingerprint density at radius 2 is 1.56 bits per heavy atom. The Bertz CT molecular complexity index is 91.2. The van der Waals surface area contributed by atoms with Crippen molar-refractivity contribution in [3.05, 3.63) is 0 Å². The molecule has 1 rings (SSSR count). The van der Waals surface area contributed by atoms with Gasteiger partial charge < -0.3 is 4.90 Å². The van der Waals surface area contributed by atoms with E-state index < -0.39 is 0 Å². The van der Waals surface area contributed by atoms with Crippen LogP contribution in [0.25, 0.3) is 0 Å². The quantitative estimate of drug-likeness (QED) is 0.466. The highest BCUT2D eigenvalue weighted by atomic mass is 16.2. The summed E-state index contributed by atoms with van der Waals surface area (Å²) in [6.45, 7) is 2.64. The van der Waals surface area contributed by atoms with E-state index in [1.54, 1.807) is 0 Å². The average Bonchev–Trinajstić information content (AvgIpc) is 2.20. The van der Waals surface area contributed by atoms with E-state index >= 15 is 0 Å². The molecule has 0 radical (unpaired) electrons. The molecule has 3 heteroatoms. The van der Waals surface area contributed by atoms with Gasteiger partial charge in [0.05, 0.1) is 0 Å². The van der Waals surface area contributed by atoms with Gasteiger partial charge in [0.15, 0.2) is 0 Å². The zero-order chi connectivity index (χ0) is 7.11. The van der Waals surface area contributed by atoms with Gasteiger partial charge in [-0.3, -0.25) is 0 Å². The van der Waals surface area contributed by atoms with Crippen LogP contribution < -0.4 is 0 Å². The Morgan fingerprint density at radius 3 is 1.67 bits per heavy atom. The maximum atomic E-state index is 8.12. The fourth-order valence-corrected chi connectivity index (χ4v) is 0.875. The topological polar surface area (TPSA) is 37.4 Å². The first-order valence-electron chi connectivity index (χ1n) is 2.99. The molecule has 0 unspecified atom stereocenters. The highest BCUT2D eigenvalue weighted by Crippen LogP contribution is 2.01. The molecule has 0 amide bonds. The second-order valence-corrected chi connectivity index (χ2v) is 2.09. The SMILES string of the molecule is CN1CCCC1.O=C=O. The van der Waals surface area contributed by atoms with Gasteiger partial charge in [-0.15, -0.1) is 0 Å². The summed E-state index contributed by atoms with van der Waals surface area (Å²) in [5, 5.41) is 0. The van der Waals surface area contributed by atoms with Crippen molar-refractivity contribution in [3.63, 3.8) is 0 Å². The molecular formula is C6H11NO2. The summed E-state index contributed by atoms with van der Waals surface area (Å²) in [5.74, 6) is 0. The van der Waals surface area contributed by atoms with Crippen LogP contribution in [0.2, 0.25) is 0 Å². The molecule has 0 spiro atoms. The highest BCUT2D eigenvalue weighted by Gasteiger charge is 2.03. The first-order chi connectivity index (χ1) is 4.31. The van der Waals surface area contributed by atoms with E-state index in [-0.39, 0.29) is 6.15 Å². The first kappa shape index (κ1) is 8.34. The third kappa shape index (κ3) is 5.21. The zero-order valence-electron chi connectivity index (χ0n) is 5.59. The lowest BCUT2D eigenvalue weighted by Crippen LogP contribution is -2.10. The molecule has 0 aromatic carbocycles. The highest BCUT2D eigenvalue weighted by molar-refractivity contribution is 5.20. The molecule has 0 bridgehead atoms. The molecule has 0 atom stereocenters. The van der Waals surface area contributed by atoms with Gasteiger partial charge in [0.25, 0.3) is 0 Å². The van der Waals surface area contributed by atoms with E-state index in [0.29, 0.717) is 0 Å². The van der Waals surface area contributed by atoms with Crippen LogP contribution in [-0.2, 0) is 9.59 Å². The minimum atomic E-state index is 0.250. The van der Waals surface area contributed by atoms with Crippen LogP contribution in [0.5, 0.6) is 0 Å². The molecule has 0 N–H and O–H groups in total. The van der Waals surface area contributed by atoms with Crippen molar-refractivity contribution in [1.29, 1.82) is 0 Å². The zero-order valence-corrected chi connectivity index (χ0v) is 5.59. The smallest absolute Gasteiger partial charge is 0.306 e. The van der Waals surface area contributed by atoms with Crippen LogP contribution in [0.4, 0.5) is 0 Å². The van der Waals surface area contributed by atoms with Crippen LogP contribution in [0, 0.1) is 0 Å². The molecule has 0 saturated carbocycles. The summed E-state index contributed by atoms with van der Waals surface area (Å²) in [5.41, 5.74) is 0. The van der Waals surface area contributed by atoms with Gasteiger partial charge >= 0.3 is 6.15 Å². The van der Waals surface area contributed by atoms with Gasteiger partial charge in [0, 0.05) is 0 Å². The lowest BCUT2D eigenvalue weighted by molar-refractivity contribution is -0.191. The number of carbonyl (C=O) groups excluding carboxylic acids is 2. The van der Waals surface area contributed by atoms with E-state index in [1.165, 1.54) is 25.9 Å². The van der Waals surface area contributed by atoms with Gasteiger partial charge in [-0.1, -0.05) is 0 Å². The Kier molecular flexibility index (Phi) is 5.07. The maximum absolute atomic E-state index is 8.12. The van der Waals surface area contributed by atoms with Crippen molar-refractivity contribution in [3.8, 4) is 0 Å². The summed E-state index contributed by atoms with van der Waals surface area (Å²) in [6, 6.07) is 0. The summed E-state index contributed by atoms with van der Waals surface area (Å²) in [4.78, 5) is 18.6. The average molecular weight is 129 g/mol. The number of nitrogens with zero attached hydrogens (tertiary/aromatic N) is 1. The van der Waals surface area contributed by atoms with E-state index in [2.05, 4.69) is 11.9 Å². The summed E-state index contributed by atoms with van der Waals surface area (Å²) < 4.78 is 0. The third-order valence-corrected chi connectivity index (χ3v) is 1.33. The fourth-order valence-electron chi connectivity index (χ4n) is 0.875. The third-order valence-electron chi connectivity index (χ3n) is 1.33. The summed E-state index contributed by atoms with van der Waals surface area (Å²) >= 11 is 0. The Morgan fingerprint density at radius 1 is 1.22 bits per heavy atom. The Labute approximate surface area is 54.6 Å². The van der Waals surface area contributed by atoms with Gasteiger partial charge in [0.1, 0.15) is 0 Å². The van der Waals surface area contributed by atoms with Crippen molar-refractivity contribution in [2.45, 2.75) is 12.8 Å². The molecule has 52 valence electrons. The summed E-state index contributed by atoms with van der Waals surface area (Å²) in [6.07, 6.45) is 3.08. The van der Waals surface area contributed by atoms with Crippen LogP contribution in [0.3, 0.4) is 0 Å². The predicted molar refractivity (Wildman–Crippen MR) is 31.7 cm³/mol. The van der Waals surface area contributed by atoms with Gasteiger partial charge in [0.2, 0.25) is 0 Å². The normalized spacial score (nSPS) is 17.9. The molecule has 1 saturated heterocycles. The maximum Gasteiger partial charge on any atom is 0.373 e. The molecule has 0 aliphatic carbocycles. The fraction of sp³-hybridized carbons (Fsp3) is 0.833. The first-order valence-corrected chi connectivity index (χ1v) is 2.99. The van der Waals surface area contributed by atoms with Crippen LogP contribution in [0.1, 0.15) is 12.8 Å². The Balaban J connectivity index is 0.000000187. The molecule has 9 heavy (non-hydrogen) atoms. The minimum Gasteiger partial charge on any atom is -0.306 e. The summed E-state index contributed by atoms with van der Waals surface area (Å²) in [7, 11) is 2.17.